The second-order valence-electron chi connectivity index (χ2n) is 9.88. The molecule has 9 heteroatoms. The molecule has 0 spiro atoms. The standard InChI is InChI=1S/C22H30N4O5/c1-21(2)9-14(10-22(3,4)25-21)23-18(27)8-15-19(28)26(20(29)24-15)11-13-5-6-16-17(7-13)31-12-30-16/h5-7,14-15,25H,8-12H2,1-4H3,(H,23,27)(H,24,29). The molecule has 4 rings (SSSR count). The van der Waals surface area contributed by atoms with Gasteiger partial charge in [-0.25, -0.2) is 4.79 Å². The summed E-state index contributed by atoms with van der Waals surface area (Å²) in [5.74, 6) is 0.596. The lowest BCUT2D eigenvalue weighted by molar-refractivity contribution is -0.131. The summed E-state index contributed by atoms with van der Waals surface area (Å²) >= 11 is 0. The number of amides is 4. The van der Waals surface area contributed by atoms with Crippen molar-refractivity contribution in [3.8, 4) is 11.5 Å². The Morgan fingerprint density at radius 2 is 1.81 bits per heavy atom. The summed E-state index contributed by atoms with van der Waals surface area (Å²) in [5, 5.41) is 9.27. The van der Waals surface area contributed by atoms with Crippen molar-refractivity contribution in [1.82, 2.24) is 20.9 Å². The zero-order valence-electron chi connectivity index (χ0n) is 18.4. The van der Waals surface area contributed by atoms with Crippen LogP contribution >= 0.6 is 0 Å². The van der Waals surface area contributed by atoms with Crippen LogP contribution in [0.2, 0.25) is 0 Å². The monoisotopic (exact) mass is 430 g/mol. The summed E-state index contributed by atoms with van der Waals surface area (Å²) in [6.07, 6.45) is 1.51. The largest absolute Gasteiger partial charge is 0.454 e. The van der Waals surface area contributed by atoms with Gasteiger partial charge in [0.05, 0.1) is 13.0 Å². The van der Waals surface area contributed by atoms with Gasteiger partial charge in [-0.3, -0.25) is 14.5 Å². The smallest absolute Gasteiger partial charge is 0.325 e. The number of urea groups is 1. The highest BCUT2D eigenvalue weighted by molar-refractivity contribution is 6.05. The summed E-state index contributed by atoms with van der Waals surface area (Å²) < 4.78 is 10.6. The first kappa shape index (κ1) is 21.4. The fourth-order valence-corrected chi connectivity index (χ4v) is 4.98. The minimum absolute atomic E-state index is 0.00990. The molecule has 0 aromatic heterocycles. The second kappa shape index (κ2) is 7.71. The molecule has 3 aliphatic heterocycles. The van der Waals surface area contributed by atoms with Gasteiger partial charge in [-0.1, -0.05) is 6.07 Å². The van der Waals surface area contributed by atoms with Gasteiger partial charge in [0.25, 0.3) is 5.91 Å². The molecule has 1 atom stereocenters. The maximum absolute atomic E-state index is 12.8. The highest BCUT2D eigenvalue weighted by Crippen LogP contribution is 2.33. The Bertz CT molecular complexity index is 897. The lowest BCUT2D eigenvalue weighted by Gasteiger charge is -2.46. The van der Waals surface area contributed by atoms with Crippen molar-refractivity contribution in [2.24, 2.45) is 0 Å². The van der Waals surface area contributed by atoms with E-state index < -0.39 is 18.0 Å². The molecule has 3 N–H and O–H groups in total. The fraction of sp³-hybridized carbons (Fsp3) is 0.591. The third kappa shape index (κ3) is 4.76. The number of nitrogens with zero attached hydrogens (tertiary/aromatic N) is 1. The minimum atomic E-state index is -0.857. The van der Waals surface area contributed by atoms with Crippen LogP contribution in [-0.4, -0.2) is 52.7 Å². The molecule has 2 fully saturated rings. The molecular weight excluding hydrogens is 400 g/mol. The summed E-state index contributed by atoms with van der Waals surface area (Å²) in [4.78, 5) is 38.9. The summed E-state index contributed by atoms with van der Waals surface area (Å²) in [7, 11) is 0. The average molecular weight is 431 g/mol. The fourth-order valence-electron chi connectivity index (χ4n) is 4.98. The Labute approximate surface area is 181 Å². The maximum atomic E-state index is 12.8. The number of hydrogen-bond acceptors (Lipinski definition) is 6. The van der Waals surface area contributed by atoms with Crippen molar-refractivity contribution in [3.63, 3.8) is 0 Å². The third-order valence-electron chi connectivity index (χ3n) is 5.83. The Morgan fingerprint density at radius 3 is 2.52 bits per heavy atom. The molecule has 3 aliphatic rings. The molecule has 3 heterocycles. The SMILES string of the molecule is CC1(C)CC(NC(=O)CC2NC(=O)N(Cc3ccc4c(c3)OCO4)C2=O)CC(C)(C)N1. The van der Waals surface area contributed by atoms with Gasteiger partial charge in [-0.05, 0) is 58.2 Å². The molecule has 2 saturated heterocycles. The van der Waals surface area contributed by atoms with E-state index in [4.69, 9.17) is 9.47 Å². The maximum Gasteiger partial charge on any atom is 0.325 e. The van der Waals surface area contributed by atoms with Gasteiger partial charge in [0, 0.05) is 17.1 Å². The number of carbonyl (C=O) groups excluding carboxylic acids is 3. The first-order valence-electron chi connectivity index (χ1n) is 10.6. The van der Waals surface area contributed by atoms with Crippen LogP contribution in [0.25, 0.3) is 0 Å². The normalized spacial score (nSPS) is 24.3. The zero-order chi connectivity index (χ0) is 22.4. The first-order valence-corrected chi connectivity index (χ1v) is 10.6. The quantitative estimate of drug-likeness (QED) is 0.613. The van der Waals surface area contributed by atoms with Crippen molar-refractivity contribution >= 4 is 17.8 Å². The van der Waals surface area contributed by atoms with Crippen LogP contribution in [0, 0.1) is 0 Å². The molecule has 1 aromatic carbocycles. The van der Waals surface area contributed by atoms with Crippen LogP contribution in [0.5, 0.6) is 11.5 Å². The number of nitrogens with one attached hydrogen (secondary N) is 3. The Kier molecular flexibility index (Phi) is 5.33. The summed E-state index contributed by atoms with van der Waals surface area (Å²) in [5.41, 5.74) is 0.550. The molecular formula is C22H30N4O5. The molecule has 1 unspecified atom stereocenters. The topological polar surface area (TPSA) is 109 Å². The van der Waals surface area contributed by atoms with Crippen molar-refractivity contribution in [1.29, 1.82) is 0 Å². The van der Waals surface area contributed by atoms with Gasteiger partial charge in [0.15, 0.2) is 11.5 Å². The molecule has 0 bridgehead atoms. The van der Waals surface area contributed by atoms with Gasteiger partial charge < -0.3 is 25.4 Å². The van der Waals surface area contributed by atoms with E-state index in [9.17, 15) is 14.4 Å². The van der Waals surface area contributed by atoms with Crippen LogP contribution in [0.1, 0.15) is 52.5 Å². The van der Waals surface area contributed by atoms with Crippen LogP contribution in [-0.2, 0) is 16.1 Å². The third-order valence-corrected chi connectivity index (χ3v) is 5.83. The molecule has 0 saturated carbocycles. The molecule has 31 heavy (non-hydrogen) atoms. The number of benzene rings is 1. The van der Waals surface area contributed by atoms with Gasteiger partial charge >= 0.3 is 6.03 Å². The predicted octanol–water partition coefficient (Wildman–Crippen LogP) is 1.65. The Hall–Kier alpha value is -2.81. The Balaban J connectivity index is 1.35. The molecule has 0 radical (unpaired) electrons. The van der Waals surface area contributed by atoms with Crippen LogP contribution in [0.4, 0.5) is 4.79 Å². The van der Waals surface area contributed by atoms with Gasteiger partial charge in [-0.2, -0.15) is 0 Å². The second-order valence-corrected chi connectivity index (χ2v) is 9.88. The molecule has 1 aromatic rings. The van der Waals surface area contributed by atoms with E-state index in [1.54, 1.807) is 18.2 Å². The lowest BCUT2D eigenvalue weighted by Crippen LogP contribution is -2.62. The van der Waals surface area contributed by atoms with Crippen molar-refractivity contribution in [3.05, 3.63) is 23.8 Å². The number of imide groups is 1. The van der Waals surface area contributed by atoms with Crippen molar-refractivity contribution in [2.75, 3.05) is 6.79 Å². The minimum Gasteiger partial charge on any atom is -0.454 e. The number of piperidine rings is 1. The van der Waals surface area contributed by atoms with Crippen LogP contribution in [0.15, 0.2) is 18.2 Å². The van der Waals surface area contributed by atoms with Crippen LogP contribution < -0.4 is 25.4 Å². The lowest BCUT2D eigenvalue weighted by atomic mass is 9.79. The van der Waals surface area contributed by atoms with Gasteiger partial charge in [-0.15, -0.1) is 0 Å². The van der Waals surface area contributed by atoms with E-state index in [0.717, 1.165) is 23.3 Å². The molecule has 0 aliphatic carbocycles. The number of ether oxygens (including phenoxy) is 2. The molecule has 4 amide bonds. The summed E-state index contributed by atoms with van der Waals surface area (Å²) in [6.45, 7) is 8.72. The number of fused-ring (bicyclic) bond motifs is 1. The highest BCUT2D eigenvalue weighted by atomic mass is 16.7. The van der Waals surface area contributed by atoms with E-state index in [1.165, 1.54) is 0 Å². The van der Waals surface area contributed by atoms with Crippen molar-refractivity contribution in [2.45, 2.75) is 76.7 Å². The average Bonchev–Trinajstić information content (AvgIpc) is 3.18. The number of rotatable bonds is 5. The number of hydrogen-bond donors (Lipinski definition) is 3. The zero-order valence-corrected chi connectivity index (χ0v) is 18.4. The molecule has 9 nitrogen and oxygen atoms in total. The van der Waals surface area contributed by atoms with E-state index in [2.05, 4.69) is 43.6 Å². The Morgan fingerprint density at radius 1 is 1.13 bits per heavy atom. The van der Waals surface area contributed by atoms with Crippen molar-refractivity contribution < 1.29 is 23.9 Å². The van der Waals surface area contributed by atoms with Crippen LogP contribution in [0.3, 0.4) is 0 Å². The summed E-state index contributed by atoms with van der Waals surface area (Å²) in [6, 6.07) is 3.95. The van der Waals surface area contributed by atoms with Gasteiger partial charge in [0.2, 0.25) is 12.7 Å². The van der Waals surface area contributed by atoms with E-state index >= 15 is 0 Å². The molecule has 168 valence electrons. The van der Waals surface area contributed by atoms with Gasteiger partial charge in [0.1, 0.15) is 6.04 Å². The van der Waals surface area contributed by atoms with E-state index in [-0.39, 0.29) is 42.8 Å². The number of carbonyl (C=O) groups is 3. The van der Waals surface area contributed by atoms with E-state index in [0.29, 0.717) is 11.5 Å². The van der Waals surface area contributed by atoms with E-state index in [1.807, 2.05) is 0 Å². The highest BCUT2D eigenvalue weighted by Gasteiger charge is 2.41. The predicted molar refractivity (Wildman–Crippen MR) is 113 cm³/mol. The first-order chi connectivity index (χ1) is 14.5.